The van der Waals surface area contributed by atoms with E-state index in [0.717, 1.165) is 0 Å². The van der Waals surface area contributed by atoms with Crippen LogP contribution in [0.4, 0.5) is 0 Å². The summed E-state index contributed by atoms with van der Waals surface area (Å²) >= 11 is 0. The van der Waals surface area contributed by atoms with Gasteiger partial charge in [0.1, 0.15) is 69.3 Å². The zero-order valence-corrected chi connectivity index (χ0v) is 41.8. The number of benzene rings is 6. The van der Waals surface area contributed by atoms with E-state index in [1.807, 2.05) is 48.5 Å². The molecule has 0 aliphatic carbocycles. The first-order valence-electron chi connectivity index (χ1n) is 23.7. The number of hydrogen-bond donors (Lipinski definition) is 0. The highest BCUT2D eigenvalue weighted by Crippen LogP contribution is 2.79. The van der Waals surface area contributed by atoms with Crippen molar-refractivity contribution in [1.29, 1.82) is 0 Å². The molecule has 6 atom stereocenters. The molecule has 0 spiro atoms. The SMILES string of the molecule is c1ccc(OP2(Oc3ccccc3OCC3CO3)=NP(Oc3ccccc3OCC3CO3)(Oc3ccccc3OCC3CO3)=NP(Oc3ccccc3OCC3CO3)(Oc3ccccc3OCC3CO3)=N2)cc1. The van der Waals surface area contributed by atoms with Crippen LogP contribution in [0.3, 0.4) is 0 Å². The molecule has 12 rings (SSSR count). The molecular formula is C51H50N3O16P3. The molecular weight excluding hydrogens is 1000 g/mol. The highest BCUT2D eigenvalue weighted by molar-refractivity contribution is 7.79. The molecule has 6 aromatic carbocycles. The van der Waals surface area contributed by atoms with Crippen molar-refractivity contribution in [2.45, 2.75) is 30.5 Å². The van der Waals surface area contributed by atoms with Gasteiger partial charge in [0.05, 0.1) is 33.0 Å². The van der Waals surface area contributed by atoms with Gasteiger partial charge >= 0.3 is 23.0 Å². The standard InChI is InChI=1S/C51H50N3O16P3/c1-2-14-36(15-3-1)65-71(66-47-21-9-4-16-42(47)60-31-37-26-55-37)52-72(67-48-22-10-5-17-43(48)61-32-38-27-56-38,68-49-23-11-6-18-44(49)62-33-39-28-57-39)54-73(53-71,69-50-24-12-7-19-45(50)63-34-40-29-58-40)70-51-25-13-8-20-46(51)64-35-41-30-59-41/h1-25,37-41H,26-35H2. The Hall–Kier alpha value is -6.39. The number of ether oxygens (including phenoxy) is 10. The highest BCUT2D eigenvalue weighted by Gasteiger charge is 2.50. The smallest absolute Gasteiger partial charge is 0.461 e. The molecule has 5 saturated heterocycles. The van der Waals surface area contributed by atoms with Gasteiger partial charge in [0.15, 0.2) is 57.5 Å². The summed E-state index contributed by atoms with van der Waals surface area (Å²) in [5.41, 5.74) is 0. The first kappa shape index (κ1) is 47.6. The second kappa shape index (κ2) is 21.2. The Kier molecular flexibility index (Phi) is 13.8. The van der Waals surface area contributed by atoms with Crippen LogP contribution in [-0.2, 0) is 23.7 Å². The molecule has 0 radical (unpaired) electrons. The summed E-state index contributed by atoms with van der Waals surface area (Å²) in [6.45, 7) is 4.12. The van der Waals surface area contributed by atoms with Gasteiger partial charge in [-0.15, -0.1) is 0 Å². The van der Waals surface area contributed by atoms with Crippen molar-refractivity contribution in [3.8, 4) is 63.2 Å². The second-order valence-corrected chi connectivity index (χ2v) is 23.4. The van der Waals surface area contributed by atoms with Crippen molar-refractivity contribution >= 4 is 23.0 Å². The molecule has 380 valence electrons. The van der Waals surface area contributed by atoms with Crippen LogP contribution in [0, 0.1) is 0 Å². The lowest BCUT2D eigenvalue weighted by Gasteiger charge is -2.34. The summed E-state index contributed by atoms with van der Waals surface area (Å²) in [4.78, 5) is 0. The largest absolute Gasteiger partial charge is 0.487 e. The van der Waals surface area contributed by atoms with Crippen molar-refractivity contribution in [1.82, 2.24) is 0 Å². The number of rotatable bonds is 27. The fourth-order valence-electron chi connectivity index (χ4n) is 6.98. The zero-order valence-electron chi connectivity index (χ0n) is 39.1. The summed E-state index contributed by atoms with van der Waals surface area (Å²) in [7, 11) is -13.4. The fourth-order valence-corrected chi connectivity index (χ4v) is 16.1. The van der Waals surface area contributed by atoms with Gasteiger partial charge in [0, 0.05) is 0 Å². The lowest BCUT2D eigenvalue weighted by Crippen LogP contribution is -2.13. The third-order valence-corrected chi connectivity index (χ3v) is 19.2. The maximum atomic E-state index is 7.28. The minimum atomic E-state index is -4.50. The number of para-hydroxylation sites is 11. The van der Waals surface area contributed by atoms with Crippen LogP contribution in [0.15, 0.2) is 165 Å². The molecule has 6 unspecified atom stereocenters. The van der Waals surface area contributed by atoms with Crippen molar-refractivity contribution in [3.05, 3.63) is 152 Å². The van der Waals surface area contributed by atoms with E-state index in [9.17, 15) is 0 Å². The molecule has 6 aliphatic heterocycles. The maximum Gasteiger partial charge on any atom is 0.461 e. The average molecular weight is 1050 g/mol. The Morgan fingerprint density at radius 3 is 0.726 bits per heavy atom. The van der Waals surface area contributed by atoms with E-state index in [0.29, 0.717) is 67.5 Å². The zero-order chi connectivity index (χ0) is 48.9. The molecule has 6 heterocycles. The Labute approximate surface area is 421 Å². The number of nitrogens with zero attached hydrogens (tertiary/aromatic N) is 3. The lowest BCUT2D eigenvalue weighted by molar-refractivity contribution is 0.254. The van der Waals surface area contributed by atoms with E-state index >= 15 is 0 Å². The van der Waals surface area contributed by atoms with Crippen LogP contribution in [0.2, 0.25) is 0 Å². The molecule has 6 aromatic rings. The van der Waals surface area contributed by atoms with Crippen LogP contribution >= 0.6 is 23.0 Å². The third kappa shape index (κ3) is 12.7. The van der Waals surface area contributed by atoms with E-state index < -0.39 is 23.0 Å². The third-order valence-electron chi connectivity index (χ3n) is 11.1. The highest BCUT2D eigenvalue weighted by atomic mass is 31.3. The van der Waals surface area contributed by atoms with Crippen LogP contribution in [0.5, 0.6) is 63.2 Å². The van der Waals surface area contributed by atoms with Crippen molar-refractivity contribution in [3.63, 3.8) is 0 Å². The molecule has 0 N–H and O–H groups in total. The second-order valence-electron chi connectivity index (χ2n) is 17.2. The molecule has 19 nitrogen and oxygen atoms in total. The summed E-state index contributed by atoms with van der Waals surface area (Å²) in [6.07, 6.45) is -0.417. The van der Waals surface area contributed by atoms with E-state index in [4.69, 9.17) is 88.1 Å². The molecule has 6 aliphatic rings. The van der Waals surface area contributed by atoms with Crippen LogP contribution < -0.4 is 50.8 Å². The van der Waals surface area contributed by atoms with Crippen molar-refractivity contribution in [2.75, 3.05) is 66.1 Å². The minimum Gasteiger partial charge on any atom is -0.487 e. The Balaban J connectivity index is 1.12. The van der Waals surface area contributed by atoms with E-state index in [2.05, 4.69) is 0 Å². The monoisotopic (exact) mass is 1050 g/mol. The summed E-state index contributed by atoms with van der Waals surface area (Å²) in [5.74, 6) is 3.17. The summed E-state index contributed by atoms with van der Waals surface area (Å²) < 4.78 is 119. The van der Waals surface area contributed by atoms with Gasteiger partial charge in [-0.1, -0.05) is 92.4 Å². The van der Waals surface area contributed by atoms with Crippen molar-refractivity contribution < 1.29 is 74.5 Å². The Bertz CT molecular complexity index is 2820. The Morgan fingerprint density at radius 2 is 0.493 bits per heavy atom. The molecule has 0 saturated carbocycles. The van der Waals surface area contributed by atoms with Crippen LogP contribution in [0.25, 0.3) is 0 Å². The predicted octanol–water partition coefficient (Wildman–Crippen LogP) is 11.2. The van der Waals surface area contributed by atoms with Gasteiger partial charge in [0.25, 0.3) is 0 Å². The topological polar surface area (TPSA) is 201 Å². The first-order chi connectivity index (χ1) is 35.9. The number of hydrogen-bond acceptors (Lipinski definition) is 19. The van der Waals surface area contributed by atoms with Gasteiger partial charge in [-0.05, 0) is 72.8 Å². The van der Waals surface area contributed by atoms with E-state index in [-0.39, 0.29) is 92.3 Å². The van der Waals surface area contributed by atoms with Gasteiger partial charge in [-0.3, -0.25) is 0 Å². The first-order valence-corrected chi connectivity index (χ1v) is 28.3. The summed E-state index contributed by atoms with van der Waals surface area (Å²) in [5, 5.41) is 0. The summed E-state index contributed by atoms with van der Waals surface area (Å²) in [6, 6.07) is 44.7. The minimum absolute atomic E-state index is 0.0777. The van der Waals surface area contributed by atoms with E-state index in [1.165, 1.54) is 0 Å². The lowest BCUT2D eigenvalue weighted by atomic mass is 10.3. The fraction of sp³-hybridized carbons (Fsp3) is 0.294. The molecule has 22 heteroatoms. The van der Waals surface area contributed by atoms with Gasteiger partial charge in [-0.25, -0.2) is 0 Å². The van der Waals surface area contributed by atoms with Gasteiger partial charge < -0.3 is 74.5 Å². The van der Waals surface area contributed by atoms with Crippen LogP contribution in [0.1, 0.15) is 0 Å². The normalized spacial score (nSPS) is 26.7. The molecule has 73 heavy (non-hydrogen) atoms. The molecule has 0 aromatic heterocycles. The van der Waals surface area contributed by atoms with Crippen molar-refractivity contribution in [2.24, 2.45) is 13.5 Å². The quantitative estimate of drug-likeness (QED) is 0.0348. The molecule has 5 fully saturated rings. The Morgan fingerprint density at radius 1 is 0.288 bits per heavy atom. The average Bonchev–Trinajstić information content (AvgIpc) is 4.18. The number of epoxide rings is 5. The molecule has 0 bridgehead atoms. The predicted molar refractivity (Wildman–Crippen MR) is 267 cm³/mol. The van der Waals surface area contributed by atoms with Crippen LogP contribution in [-0.4, -0.2) is 96.6 Å². The van der Waals surface area contributed by atoms with Gasteiger partial charge in [0.2, 0.25) is 0 Å². The van der Waals surface area contributed by atoms with Gasteiger partial charge in [-0.2, -0.15) is 0 Å². The van der Waals surface area contributed by atoms with E-state index in [1.54, 1.807) is 103 Å². The molecule has 0 amide bonds. The maximum absolute atomic E-state index is 7.28.